The molecule has 0 bridgehead atoms. The van der Waals surface area contributed by atoms with E-state index in [0.29, 0.717) is 37.8 Å². The molecule has 1 saturated heterocycles. The molecule has 30 heavy (non-hydrogen) atoms. The average molecular weight is 416 g/mol. The van der Waals surface area contributed by atoms with Crippen LogP contribution in [0.15, 0.2) is 48.5 Å². The molecule has 0 amide bonds. The fourth-order valence-corrected chi connectivity index (χ4v) is 3.75. The van der Waals surface area contributed by atoms with E-state index < -0.39 is 6.10 Å². The van der Waals surface area contributed by atoms with E-state index in [0.717, 1.165) is 37.1 Å². The number of aliphatic hydroxyl groups is 1. The molecule has 0 unspecified atom stereocenters. The minimum absolute atomic E-state index is 0.211. The average Bonchev–Trinajstić information content (AvgIpc) is 3.27. The maximum atomic E-state index is 10.6. The van der Waals surface area contributed by atoms with Gasteiger partial charge in [0.05, 0.1) is 39.6 Å². The van der Waals surface area contributed by atoms with Gasteiger partial charge in [0.2, 0.25) is 0 Å². The van der Waals surface area contributed by atoms with E-state index in [1.54, 1.807) is 14.2 Å². The summed E-state index contributed by atoms with van der Waals surface area (Å²) in [6.45, 7) is 3.60. The lowest BCUT2D eigenvalue weighted by atomic mass is 10.1. The van der Waals surface area contributed by atoms with E-state index in [-0.39, 0.29) is 6.10 Å². The molecule has 0 radical (unpaired) electrons. The van der Waals surface area contributed by atoms with Crippen LogP contribution in [0.25, 0.3) is 0 Å². The second-order valence-corrected chi connectivity index (χ2v) is 7.67. The number of rotatable bonds is 12. The normalized spacial score (nSPS) is 17.3. The number of hydrogen-bond acceptors (Lipinski definition) is 6. The van der Waals surface area contributed by atoms with Crippen LogP contribution in [-0.4, -0.2) is 62.7 Å². The SMILES string of the molecule is COc1ccc(CN(C[C@H](O)COCc2ccccc2)C[C@H]2CCCO2)cc1OC. The molecule has 0 aromatic heterocycles. The van der Waals surface area contributed by atoms with Crippen LogP contribution < -0.4 is 9.47 Å². The van der Waals surface area contributed by atoms with Crippen molar-refractivity contribution in [2.75, 3.05) is 40.5 Å². The van der Waals surface area contributed by atoms with Crippen LogP contribution in [0.2, 0.25) is 0 Å². The van der Waals surface area contributed by atoms with Crippen molar-refractivity contribution in [2.45, 2.75) is 38.2 Å². The first-order chi connectivity index (χ1) is 14.7. The lowest BCUT2D eigenvalue weighted by Crippen LogP contribution is -2.39. The summed E-state index contributed by atoms with van der Waals surface area (Å²) in [5.74, 6) is 1.42. The van der Waals surface area contributed by atoms with Crippen LogP contribution in [0, 0.1) is 0 Å². The van der Waals surface area contributed by atoms with Crippen molar-refractivity contribution in [2.24, 2.45) is 0 Å². The molecule has 0 saturated carbocycles. The van der Waals surface area contributed by atoms with Crippen LogP contribution in [0.3, 0.4) is 0 Å². The Kier molecular flexibility index (Phi) is 8.96. The Bertz CT molecular complexity index is 749. The molecule has 6 nitrogen and oxygen atoms in total. The van der Waals surface area contributed by atoms with Gasteiger partial charge in [-0.1, -0.05) is 36.4 Å². The van der Waals surface area contributed by atoms with Crippen molar-refractivity contribution in [3.63, 3.8) is 0 Å². The van der Waals surface area contributed by atoms with Crippen LogP contribution in [0.4, 0.5) is 0 Å². The number of methoxy groups -OCH3 is 2. The molecule has 2 atom stereocenters. The highest BCUT2D eigenvalue weighted by Crippen LogP contribution is 2.28. The summed E-state index contributed by atoms with van der Waals surface area (Å²) >= 11 is 0. The van der Waals surface area contributed by atoms with Gasteiger partial charge >= 0.3 is 0 Å². The van der Waals surface area contributed by atoms with E-state index in [4.69, 9.17) is 18.9 Å². The Balaban J connectivity index is 1.57. The summed E-state index contributed by atoms with van der Waals surface area (Å²) < 4.78 is 22.3. The van der Waals surface area contributed by atoms with Gasteiger partial charge in [-0.2, -0.15) is 0 Å². The maximum Gasteiger partial charge on any atom is 0.161 e. The largest absolute Gasteiger partial charge is 0.493 e. The number of aliphatic hydroxyl groups excluding tert-OH is 1. The zero-order chi connectivity index (χ0) is 21.2. The Labute approximate surface area is 179 Å². The van der Waals surface area contributed by atoms with Crippen molar-refractivity contribution in [1.82, 2.24) is 4.90 Å². The quantitative estimate of drug-likeness (QED) is 0.574. The number of nitrogens with zero attached hydrogens (tertiary/aromatic N) is 1. The minimum atomic E-state index is -0.574. The molecule has 0 spiro atoms. The van der Waals surface area contributed by atoms with Gasteiger partial charge in [-0.25, -0.2) is 0 Å². The van der Waals surface area contributed by atoms with Crippen molar-refractivity contribution in [3.05, 3.63) is 59.7 Å². The molecule has 1 aliphatic heterocycles. The van der Waals surface area contributed by atoms with Crippen molar-refractivity contribution >= 4 is 0 Å². The third-order valence-electron chi connectivity index (χ3n) is 5.23. The lowest BCUT2D eigenvalue weighted by molar-refractivity contribution is -0.00288. The number of hydrogen-bond donors (Lipinski definition) is 1. The molecule has 1 aliphatic rings. The zero-order valence-corrected chi connectivity index (χ0v) is 18.0. The monoisotopic (exact) mass is 415 g/mol. The standard InChI is InChI=1S/C24H33NO5/c1-27-23-11-10-20(13-24(23)28-2)14-25(16-22-9-6-12-30-22)15-21(26)18-29-17-19-7-4-3-5-8-19/h3-5,7-8,10-11,13,21-22,26H,6,9,12,14-18H2,1-2H3/t21-,22+/m0/s1. The van der Waals surface area contributed by atoms with Crippen LogP contribution in [0.1, 0.15) is 24.0 Å². The number of benzene rings is 2. The van der Waals surface area contributed by atoms with E-state index in [2.05, 4.69) is 4.90 Å². The minimum Gasteiger partial charge on any atom is -0.493 e. The summed E-state index contributed by atoms with van der Waals surface area (Å²) in [4.78, 5) is 2.23. The van der Waals surface area contributed by atoms with Crippen molar-refractivity contribution in [1.29, 1.82) is 0 Å². The Morgan fingerprint density at radius 2 is 1.87 bits per heavy atom. The summed E-state index contributed by atoms with van der Waals surface area (Å²) in [5, 5.41) is 10.6. The Hall–Kier alpha value is -2.12. The summed E-state index contributed by atoms with van der Waals surface area (Å²) in [7, 11) is 3.27. The second-order valence-electron chi connectivity index (χ2n) is 7.67. The second kappa shape index (κ2) is 11.9. The maximum absolute atomic E-state index is 10.6. The van der Waals surface area contributed by atoms with Gasteiger partial charge in [-0.05, 0) is 36.1 Å². The highest BCUT2D eigenvalue weighted by Gasteiger charge is 2.22. The molecule has 6 heteroatoms. The topological polar surface area (TPSA) is 60.4 Å². The predicted octanol–water partition coefficient (Wildman–Crippen LogP) is 3.26. The Morgan fingerprint density at radius 3 is 2.57 bits per heavy atom. The zero-order valence-electron chi connectivity index (χ0n) is 18.0. The van der Waals surface area contributed by atoms with Crippen LogP contribution in [-0.2, 0) is 22.6 Å². The van der Waals surface area contributed by atoms with Gasteiger partial charge < -0.3 is 24.1 Å². The number of ether oxygens (including phenoxy) is 4. The van der Waals surface area contributed by atoms with Crippen LogP contribution >= 0.6 is 0 Å². The van der Waals surface area contributed by atoms with Gasteiger partial charge in [-0.15, -0.1) is 0 Å². The first kappa shape index (κ1) is 22.6. The molecule has 0 aliphatic carbocycles. The van der Waals surface area contributed by atoms with Crippen LogP contribution in [0.5, 0.6) is 11.5 Å². The molecule has 3 rings (SSSR count). The lowest BCUT2D eigenvalue weighted by Gasteiger charge is -2.27. The van der Waals surface area contributed by atoms with E-state index in [1.807, 2.05) is 48.5 Å². The van der Waals surface area contributed by atoms with Gasteiger partial charge in [0, 0.05) is 26.2 Å². The third kappa shape index (κ3) is 6.99. The molecule has 1 heterocycles. The van der Waals surface area contributed by atoms with Gasteiger partial charge in [0.1, 0.15) is 0 Å². The fraction of sp³-hybridized carbons (Fsp3) is 0.500. The highest BCUT2D eigenvalue weighted by molar-refractivity contribution is 5.42. The fourth-order valence-electron chi connectivity index (χ4n) is 3.75. The molecular formula is C24H33NO5. The highest BCUT2D eigenvalue weighted by atomic mass is 16.5. The smallest absolute Gasteiger partial charge is 0.161 e. The Morgan fingerprint density at radius 1 is 1.07 bits per heavy atom. The van der Waals surface area contributed by atoms with E-state index in [9.17, 15) is 5.11 Å². The summed E-state index contributed by atoms with van der Waals surface area (Å²) in [6.07, 6.45) is 1.79. The molecule has 1 fully saturated rings. The third-order valence-corrected chi connectivity index (χ3v) is 5.23. The molecular weight excluding hydrogens is 382 g/mol. The summed E-state index contributed by atoms with van der Waals surface area (Å²) in [5.41, 5.74) is 2.20. The molecule has 1 N–H and O–H groups in total. The molecule has 164 valence electrons. The predicted molar refractivity (Wildman–Crippen MR) is 116 cm³/mol. The van der Waals surface area contributed by atoms with Gasteiger partial charge in [-0.3, -0.25) is 4.90 Å². The first-order valence-corrected chi connectivity index (χ1v) is 10.5. The molecule has 2 aromatic carbocycles. The first-order valence-electron chi connectivity index (χ1n) is 10.5. The van der Waals surface area contributed by atoms with E-state index >= 15 is 0 Å². The van der Waals surface area contributed by atoms with Gasteiger partial charge in [0.25, 0.3) is 0 Å². The van der Waals surface area contributed by atoms with E-state index in [1.165, 1.54) is 0 Å². The van der Waals surface area contributed by atoms with Crippen molar-refractivity contribution < 1.29 is 24.1 Å². The summed E-state index contributed by atoms with van der Waals surface area (Å²) in [6, 6.07) is 15.9. The van der Waals surface area contributed by atoms with Crippen molar-refractivity contribution in [3.8, 4) is 11.5 Å². The molecule has 2 aromatic rings. The van der Waals surface area contributed by atoms with Gasteiger partial charge in [0.15, 0.2) is 11.5 Å².